The molecule has 0 saturated carbocycles. The predicted octanol–water partition coefficient (Wildman–Crippen LogP) is 3.09. The van der Waals surface area contributed by atoms with Gasteiger partial charge < -0.3 is 15.2 Å². The van der Waals surface area contributed by atoms with Gasteiger partial charge in [-0.15, -0.1) is 0 Å². The van der Waals surface area contributed by atoms with Gasteiger partial charge in [0.2, 0.25) is 0 Å². The molecule has 0 radical (unpaired) electrons. The Bertz CT molecular complexity index is 391. The van der Waals surface area contributed by atoms with Crippen molar-refractivity contribution in [3.63, 3.8) is 0 Å². The van der Waals surface area contributed by atoms with Gasteiger partial charge >= 0.3 is 0 Å². The number of rotatable bonds is 5. The SMILES string of the molecule is COc1c(Br)cc(CCN)c(C(C)C)c1OC. The van der Waals surface area contributed by atoms with Crippen LogP contribution in [0.3, 0.4) is 0 Å². The Balaban J connectivity index is 3.47. The molecule has 0 fully saturated rings. The van der Waals surface area contributed by atoms with Crippen molar-refractivity contribution >= 4 is 15.9 Å². The largest absolute Gasteiger partial charge is 0.493 e. The quantitative estimate of drug-likeness (QED) is 0.909. The van der Waals surface area contributed by atoms with Crippen LogP contribution in [0.15, 0.2) is 10.5 Å². The van der Waals surface area contributed by atoms with E-state index in [-0.39, 0.29) is 0 Å². The molecule has 17 heavy (non-hydrogen) atoms. The molecule has 2 N–H and O–H groups in total. The summed E-state index contributed by atoms with van der Waals surface area (Å²) in [4.78, 5) is 0. The van der Waals surface area contributed by atoms with Crippen LogP contribution in [-0.2, 0) is 6.42 Å². The first-order valence-electron chi connectivity index (χ1n) is 5.70. The fourth-order valence-electron chi connectivity index (χ4n) is 2.06. The molecule has 96 valence electrons. The van der Waals surface area contributed by atoms with E-state index in [0.717, 1.165) is 22.4 Å². The molecule has 1 rings (SSSR count). The van der Waals surface area contributed by atoms with Crippen LogP contribution >= 0.6 is 15.9 Å². The summed E-state index contributed by atoms with van der Waals surface area (Å²) in [6.45, 7) is 4.91. The van der Waals surface area contributed by atoms with Gasteiger partial charge in [0.05, 0.1) is 18.7 Å². The summed E-state index contributed by atoms with van der Waals surface area (Å²) >= 11 is 3.51. The number of halogens is 1. The van der Waals surface area contributed by atoms with Crippen molar-refractivity contribution in [2.75, 3.05) is 20.8 Å². The highest BCUT2D eigenvalue weighted by Crippen LogP contribution is 2.43. The van der Waals surface area contributed by atoms with E-state index in [2.05, 4.69) is 35.8 Å². The highest BCUT2D eigenvalue weighted by atomic mass is 79.9. The van der Waals surface area contributed by atoms with Gasteiger partial charge in [0.25, 0.3) is 0 Å². The van der Waals surface area contributed by atoms with E-state index >= 15 is 0 Å². The Labute approximate surface area is 111 Å². The molecular weight excluding hydrogens is 282 g/mol. The third kappa shape index (κ3) is 2.93. The summed E-state index contributed by atoms with van der Waals surface area (Å²) in [5, 5.41) is 0. The molecule has 4 heteroatoms. The summed E-state index contributed by atoms with van der Waals surface area (Å²) in [6, 6.07) is 2.07. The molecule has 0 saturated heterocycles. The molecule has 1 aromatic carbocycles. The van der Waals surface area contributed by atoms with Gasteiger partial charge in [0.1, 0.15) is 0 Å². The van der Waals surface area contributed by atoms with Crippen molar-refractivity contribution < 1.29 is 9.47 Å². The van der Waals surface area contributed by atoms with E-state index in [1.807, 2.05) is 0 Å². The number of methoxy groups -OCH3 is 2. The zero-order valence-electron chi connectivity index (χ0n) is 10.8. The molecule has 0 bridgehead atoms. The van der Waals surface area contributed by atoms with Crippen LogP contribution in [0.4, 0.5) is 0 Å². The van der Waals surface area contributed by atoms with Crippen LogP contribution in [0.5, 0.6) is 11.5 Å². The highest BCUT2D eigenvalue weighted by molar-refractivity contribution is 9.10. The van der Waals surface area contributed by atoms with E-state index in [1.54, 1.807) is 14.2 Å². The van der Waals surface area contributed by atoms with Gasteiger partial charge in [-0.05, 0) is 46.4 Å². The Morgan fingerprint density at radius 1 is 1.24 bits per heavy atom. The third-order valence-corrected chi connectivity index (χ3v) is 3.30. The van der Waals surface area contributed by atoms with Gasteiger partial charge in [-0.25, -0.2) is 0 Å². The minimum absolute atomic E-state index is 0.369. The highest BCUT2D eigenvalue weighted by Gasteiger charge is 2.20. The molecule has 0 aliphatic rings. The normalized spacial score (nSPS) is 10.8. The predicted molar refractivity (Wildman–Crippen MR) is 74.1 cm³/mol. The Hall–Kier alpha value is -0.740. The Kier molecular flexibility index (Phi) is 5.28. The first-order chi connectivity index (χ1) is 8.06. The van der Waals surface area contributed by atoms with E-state index in [9.17, 15) is 0 Å². The summed E-state index contributed by atoms with van der Waals surface area (Å²) in [5.41, 5.74) is 8.05. The van der Waals surface area contributed by atoms with Gasteiger partial charge in [-0.2, -0.15) is 0 Å². The number of ether oxygens (including phenoxy) is 2. The Morgan fingerprint density at radius 3 is 2.24 bits per heavy atom. The van der Waals surface area contributed by atoms with Crippen molar-refractivity contribution in [1.82, 2.24) is 0 Å². The summed E-state index contributed by atoms with van der Waals surface area (Å²) < 4.78 is 11.8. The average Bonchev–Trinajstić information content (AvgIpc) is 2.27. The molecule has 0 atom stereocenters. The lowest BCUT2D eigenvalue weighted by Gasteiger charge is -2.20. The number of nitrogens with two attached hydrogens (primary N) is 1. The molecule has 0 amide bonds. The van der Waals surface area contributed by atoms with Crippen LogP contribution in [0.2, 0.25) is 0 Å². The lowest BCUT2D eigenvalue weighted by Crippen LogP contribution is -2.09. The monoisotopic (exact) mass is 301 g/mol. The summed E-state index contributed by atoms with van der Waals surface area (Å²) in [5.74, 6) is 1.92. The topological polar surface area (TPSA) is 44.5 Å². The molecule has 0 aliphatic carbocycles. The fraction of sp³-hybridized carbons (Fsp3) is 0.538. The molecule has 0 heterocycles. The minimum Gasteiger partial charge on any atom is -0.493 e. The van der Waals surface area contributed by atoms with Crippen molar-refractivity contribution in [1.29, 1.82) is 0 Å². The number of benzene rings is 1. The van der Waals surface area contributed by atoms with Gasteiger partial charge in [0, 0.05) is 5.56 Å². The fourth-order valence-corrected chi connectivity index (χ4v) is 2.68. The maximum atomic E-state index is 5.65. The van der Waals surface area contributed by atoms with Crippen LogP contribution in [0.25, 0.3) is 0 Å². The summed E-state index contributed by atoms with van der Waals surface area (Å²) in [6.07, 6.45) is 0.840. The zero-order valence-corrected chi connectivity index (χ0v) is 12.4. The van der Waals surface area contributed by atoms with Gasteiger partial charge in [-0.1, -0.05) is 13.8 Å². The Morgan fingerprint density at radius 2 is 1.82 bits per heavy atom. The average molecular weight is 302 g/mol. The number of hydrogen-bond acceptors (Lipinski definition) is 3. The number of hydrogen-bond donors (Lipinski definition) is 1. The molecule has 1 aromatic rings. The van der Waals surface area contributed by atoms with E-state index in [1.165, 1.54) is 11.1 Å². The van der Waals surface area contributed by atoms with Crippen LogP contribution in [0.1, 0.15) is 30.9 Å². The van der Waals surface area contributed by atoms with Crippen LogP contribution in [0, 0.1) is 0 Å². The summed E-state index contributed by atoms with van der Waals surface area (Å²) in [7, 11) is 3.32. The smallest absolute Gasteiger partial charge is 0.175 e. The van der Waals surface area contributed by atoms with Crippen molar-refractivity contribution in [2.45, 2.75) is 26.2 Å². The first-order valence-corrected chi connectivity index (χ1v) is 6.49. The lowest BCUT2D eigenvalue weighted by atomic mass is 9.93. The molecule has 0 unspecified atom stereocenters. The van der Waals surface area contributed by atoms with Gasteiger partial charge in [0.15, 0.2) is 11.5 Å². The standard InChI is InChI=1S/C13H20BrNO2/c1-8(2)11-9(5-6-15)7-10(14)12(16-3)13(11)17-4/h7-8H,5-6,15H2,1-4H3. The van der Waals surface area contributed by atoms with E-state index in [4.69, 9.17) is 15.2 Å². The maximum absolute atomic E-state index is 5.65. The van der Waals surface area contributed by atoms with Crippen molar-refractivity contribution in [3.05, 3.63) is 21.7 Å². The van der Waals surface area contributed by atoms with E-state index < -0.39 is 0 Å². The zero-order chi connectivity index (χ0) is 13.0. The van der Waals surface area contributed by atoms with Crippen LogP contribution < -0.4 is 15.2 Å². The van der Waals surface area contributed by atoms with Gasteiger partial charge in [-0.3, -0.25) is 0 Å². The molecule has 3 nitrogen and oxygen atoms in total. The van der Waals surface area contributed by atoms with E-state index in [0.29, 0.717) is 12.5 Å². The molecule has 0 spiro atoms. The van der Waals surface area contributed by atoms with Crippen molar-refractivity contribution in [2.24, 2.45) is 5.73 Å². The second-order valence-corrected chi connectivity index (χ2v) is 5.05. The minimum atomic E-state index is 0.369. The maximum Gasteiger partial charge on any atom is 0.175 e. The molecular formula is C13H20BrNO2. The second-order valence-electron chi connectivity index (χ2n) is 4.19. The molecule has 0 aliphatic heterocycles. The van der Waals surface area contributed by atoms with Crippen molar-refractivity contribution in [3.8, 4) is 11.5 Å². The third-order valence-electron chi connectivity index (χ3n) is 2.71. The molecule has 0 aromatic heterocycles. The lowest BCUT2D eigenvalue weighted by molar-refractivity contribution is 0.348. The van der Waals surface area contributed by atoms with Crippen LogP contribution in [-0.4, -0.2) is 20.8 Å². The second kappa shape index (κ2) is 6.26. The first kappa shape index (κ1) is 14.3.